The van der Waals surface area contributed by atoms with Crippen LogP contribution in [0.15, 0.2) is 60.7 Å². The van der Waals surface area contributed by atoms with Gasteiger partial charge in [0.2, 0.25) is 0 Å². The van der Waals surface area contributed by atoms with Crippen LogP contribution in [-0.2, 0) is 22.3 Å². The third-order valence-corrected chi connectivity index (χ3v) is 8.66. The van der Waals surface area contributed by atoms with E-state index in [0.29, 0.717) is 30.9 Å². The molecule has 45 heavy (non-hydrogen) atoms. The normalized spacial score (nSPS) is 16.2. The number of alkyl halides is 4. The van der Waals surface area contributed by atoms with Crippen LogP contribution in [0.5, 0.6) is 5.75 Å². The van der Waals surface area contributed by atoms with E-state index in [-0.39, 0.29) is 18.1 Å². The fraction of sp³-hybridized carbons (Fsp3) is 0.432. The van der Waals surface area contributed by atoms with Crippen LogP contribution >= 0.6 is 22.6 Å². The van der Waals surface area contributed by atoms with Crippen molar-refractivity contribution >= 4 is 40.7 Å². The smallest absolute Gasteiger partial charge is 0.417 e. The van der Waals surface area contributed by atoms with Gasteiger partial charge >= 0.3 is 12.1 Å². The van der Waals surface area contributed by atoms with Gasteiger partial charge in [0.1, 0.15) is 17.4 Å². The number of halogens is 4. The van der Waals surface area contributed by atoms with Crippen LogP contribution in [0.3, 0.4) is 0 Å². The largest absolute Gasteiger partial charge is 0.493 e. The van der Waals surface area contributed by atoms with E-state index in [4.69, 9.17) is 9.47 Å². The summed E-state index contributed by atoms with van der Waals surface area (Å²) in [7, 11) is 0. The molecule has 0 aromatic heterocycles. The summed E-state index contributed by atoms with van der Waals surface area (Å²) in [6.45, 7) is 8.60. The van der Waals surface area contributed by atoms with E-state index in [0.717, 1.165) is 52.4 Å². The van der Waals surface area contributed by atoms with Crippen molar-refractivity contribution in [1.29, 1.82) is 0 Å². The number of hydrogen-bond donors (Lipinski definition) is 0. The number of unbranched alkanes of at least 4 members (excludes halogenated alkanes) is 1. The number of nitrogens with zero attached hydrogens (tertiary/aromatic N) is 1. The number of rotatable bonds is 11. The first-order chi connectivity index (χ1) is 21.4. The molecule has 0 spiro atoms. The first-order valence-electron chi connectivity index (χ1n) is 15.6. The quantitative estimate of drug-likeness (QED) is 0.0647. The van der Waals surface area contributed by atoms with Crippen molar-refractivity contribution in [3.8, 4) is 16.9 Å². The van der Waals surface area contributed by atoms with Gasteiger partial charge in [0, 0.05) is 12.1 Å². The molecule has 0 radical (unpaired) electrons. The summed E-state index contributed by atoms with van der Waals surface area (Å²) in [5.41, 5.74) is 3.00. The van der Waals surface area contributed by atoms with Crippen molar-refractivity contribution in [3.05, 3.63) is 88.5 Å². The molecule has 3 aromatic rings. The summed E-state index contributed by atoms with van der Waals surface area (Å²) in [4.78, 5) is 15.0. The van der Waals surface area contributed by atoms with Gasteiger partial charge in [0.05, 0.1) is 12.2 Å². The van der Waals surface area contributed by atoms with Gasteiger partial charge in [-0.1, -0.05) is 89.7 Å². The second-order valence-corrected chi connectivity index (χ2v) is 13.6. The van der Waals surface area contributed by atoms with E-state index < -0.39 is 23.4 Å². The molecular formula is C37H43F3INO3. The average Bonchev–Trinajstić information content (AvgIpc) is 2.99. The lowest BCUT2D eigenvalue weighted by atomic mass is 9.95. The molecule has 1 saturated heterocycles. The summed E-state index contributed by atoms with van der Waals surface area (Å²) in [6.07, 6.45) is 2.77. The van der Waals surface area contributed by atoms with Crippen molar-refractivity contribution in [1.82, 2.24) is 4.90 Å². The van der Waals surface area contributed by atoms with Gasteiger partial charge in [-0.2, -0.15) is 13.2 Å². The number of piperidine rings is 1. The van der Waals surface area contributed by atoms with Crippen LogP contribution in [0.4, 0.5) is 13.2 Å². The number of benzene rings is 3. The first kappa shape index (κ1) is 35.0. The Hall–Kier alpha value is -2.85. The maximum atomic E-state index is 14.6. The van der Waals surface area contributed by atoms with Gasteiger partial charge in [0.15, 0.2) is 0 Å². The molecule has 242 valence electrons. The molecule has 0 saturated carbocycles. The van der Waals surface area contributed by atoms with E-state index in [2.05, 4.69) is 22.6 Å². The molecule has 1 fully saturated rings. The Bertz CT molecular complexity index is 1460. The highest BCUT2D eigenvalue weighted by Crippen LogP contribution is 2.38. The molecular weight excluding hydrogens is 690 g/mol. The molecule has 0 amide bonds. The molecule has 1 aliphatic rings. The third kappa shape index (κ3) is 9.82. The standard InChI is InChI=1S/C37H43F3INO3/c1-26-27(15-12-16-31(26)28-13-6-5-7-14-28)18-19-29-24-34(44-22-11-9-20-41)30(23-32(29)37(38,39)40)25-42-21-10-8-17-33(42)35(43)45-36(2,3)4/h5-7,12-16,18-19,23-24,33H,8-11,17,20-22,25H2,1-4H3/b19-18+/t33-/m0/s1. The van der Waals surface area contributed by atoms with E-state index in [1.807, 2.05) is 81.1 Å². The Kier molecular flexibility index (Phi) is 12.2. The molecule has 0 aliphatic carbocycles. The van der Waals surface area contributed by atoms with E-state index in [1.54, 1.807) is 6.08 Å². The van der Waals surface area contributed by atoms with Crippen molar-refractivity contribution in [2.75, 3.05) is 17.6 Å². The SMILES string of the molecule is Cc1c(/C=C/c2cc(OCCCCI)c(CN3CCCC[C@H]3C(=O)OC(C)(C)C)cc2C(F)(F)F)cccc1-c1ccccc1. The predicted molar refractivity (Wildman–Crippen MR) is 184 cm³/mol. The van der Waals surface area contributed by atoms with Crippen LogP contribution < -0.4 is 4.74 Å². The highest BCUT2D eigenvalue weighted by atomic mass is 127. The van der Waals surface area contributed by atoms with Gasteiger partial charge in [-0.25, -0.2) is 0 Å². The maximum absolute atomic E-state index is 14.6. The summed E-state index contributed by atoms with van der Waals surface area (Å²) in [6, 6.07) is 18.0. The molecule has 1 atom stereocenters. The molecule has 0 unspecified atom stereocenters. The number of hydrogen-bond acceptors (Lipinski definition) is 4. The Morgan fingerprint density at radius 2 is 1.71 bits per heavy atom. The lowest BCUT2D eigenvalue weighted by Crippen LogP contribution is -2.46. The number of esters is 1. The number of ether oxygens (including phenoxy) is 2. The van der Waals surface area contributed by atoms with E-state index in [1.165, 1.54) is 18.2 Å². The molecule has 8 heteroatoms. The van der Waals surface area contributed by atoms with Crippen LogP contribution in [0.2, 0.25) is 0 Å². The molecule has 0 N–H and O–H groups in total. The van der Waals surface area contributed by atoms with Crippen molar-refractivity contribution < 1.29 is 27.4 Å². The molecule has 4 rings (SSSR count). The number of likely N-dealkylation sites (tertiary alicyclic amines) is 1. The fourth-order valence-electron chi connectivity index (χ4n) is 5.64. The topological polar surface area (TPSA) is 38.8 Å². The second-order valence-electron chi connectivity index (χ2n) is 12.5. The number of carbonyl (C=O) groups is 1. The monoisotopic (exact) mass is 733 g/mol. The van der Waals surface area contributed by atoms with E-state index >= 15 is 0 Å². The van der Waals surface area contributed by atoms with E-state index in [9.17, 15) is 18.0 Å². The summed E-state index contributed by atoms with van der Waals surface area (Å²) in [5.74, 6) is 0.0785. The third-order valence-electron chi connectivity index (χ3n) is 7.89. The highest BCUT2D eigenvalue weighted by molar-refractivity contribution is 14.1. The number of carbonyl (C=O) groups excluding carboxylic acids is 1. The Balaban J connectivity index is 1.72. The molecule has 1 heterocycles. The Labute approximate surface area is 279 Å². The highest BCUT2D eigenvalue weighted by Gasteiger charge is 2.36. The minimum Gasteiger partial charge on any atom is -0.493 e. The minimum atomic E-state index is -4.58. The van der Waals surface area contributed by atoms with Crippen LogP contribution in [0, 0.1) is 6.92 Å². The minimum absolute atomic E-state index is 0.0435. The van der Waals surface area contributed by atoms with Crippen LogP contribution in [0.25, 0.3) is 23.3 Å². The van der Waals surface area contributed by atoms with Gasteiger partial charge in [-0.15, -0.1) is 0 Å². The van der Waals surface area contributed by atoms with Gasteiger partial charge < -0.3 is 9.47 Å². The Morgan fingerprint density at radius 3 is 2.40 bits per heavy atom. The molecule has 3 aromatic carbocycles. The van der Waals surface area contributed by atoms with Gasteiger partial charge in [0.25, 0.3) is 0 Å². The zero-order chi connectivity index (χ0) is 32.6. The Morgan fingerprint density at radius 1 is 0.978 bits per heavy atom. The van der Waals surface area contributed by atoms with Gasteiger partial charge in [-0.3, -0.25) is 9.69 Å². The zero-order valence-electron chi connectivity index (χ0n) is 26.6. The van der Waals surface area contributed by atoms with Crippen LogP contribution in [0.1, 0.15) is 80.7 Å². The average molecular weight is 734 g/mol. The molecule has 4 nitrogen and oxygen atoms in total. The van der Waals surface area contributed by atoms with Crippen molar-refractivity contribution in [2.24, 2.45) is 0 Å². The second kappa shape index (κ2) is 15.6. The lowest BCUT2D eigenvalue weighted by Gasteiger charge is -2.36. The zero-order valence-corrected chi connectivity index (χ0v) is 28.7. The van der Waals surface area contributed by atoms with Crippen molar-refractivity contribution in [2.45, 2.75) is 84.2 Å². The fourth-order valence-corrected chi connectivity index (χ4v) is 6.18. The molecule has 0 bridgehead atoms. The molecule has 1 aliphatic heterocycles. The predicted octanol–water partition coefficient (Wildman–Crippen LogP) is 10.1. The lowest BCUT2D eigenvalue weighted by molar-refractivity contribution is -0.163. The van der Waals surface area contributed by atoms with Gasteiger partial charge in [-0.05, 0) is 104 Å². The first-order valence-corrected chi connectivity index (χ1v) is 17.1. The summed E-state index contributed by atoms with van der Waals surface area (Å²) in [5, 5.41) is 0. The van der Waals surface area contributed by atoms with Crippen LogP contribution in [-0.4, -0.2) is 40.1 Å². The summed E-state index contributed by atoms with van der Waals surface area (Å²) >= 11 is 2.31. The maximum Gasteiger partial charge on any atom is 0.417 e. The summed E-state index contributed by atoms with van der Waals surface area (Å²) < 4.78 is 56.7. The van der Waals surface area contributed by atoms with Crippen molar-refractivity contribution in [3.63, 3.8) is 0 Å².